The van der Waals surface area contributed by atoms with E-state index in [0.717, 1.165) is 5.92 Å². The molecule has 0 amide bonds. The summed E-state index contributed by atoms with van der Waals surface area (Å²) in [4.78, 5) is 0. The molecule has 3 aliphatic rings. The lowest BCUT2D eigenvalue weighted by Crippen LogP contribution is -2.36. The van der Waals surface area contributed by atoms with Gasteiger partial charge >= 0.3 is 0 Å². The number of rotatable bonds is 1. The van der Waals surface area contributed by atoms with Gasteiger partial charge in [-0.05, 0) is 61.7 Å². The minimum Gasteiger partial charge on any atom is -0.396 e. The Labute approximate surface area is 98.9 Å². The van der Waals surface area contributed by atoms with E-state index in [9.17, 15) is 5.11 Å². The second-order valence-electron chi connectivity index (χ2n) is 6.84. The second kappa shape index (κ2) is 3.13. The SMILES string of the molecule is CC1=C2CC[C@H](CO)[C@@]23CC[C@H](C3)C1(C)C. The molecule has 90 valence electrons. The summed E-state index contributed by atoms with van der Waals surface area (Å²) in [6, 6.07) is 0. The van der Waals surface area contributed by atoms with Crippen LogP contribution in [0.3, 0.4) is 0 Å². The highest BCUT2D eigenvalue weighted by Gasteiger charge is 2.57. The van der Waals surface area contributed by atoms with Gasteiger partial charge in [0.15, 0.2) is 0 Å². The van der Waals surface area contributed by atoms with Crippen molar-refractivity contribution in [1.29, 1.82) is 0 Å². The van der Waals surface area contributed by atoms with Crippen molar-refractivity contribution in [2.75, 3.05) is 6.61 Å². The van der Waals surface area contributed by atoms with Crippen molar-refractivity contribution in [3.05, 3.63) is 11.1 Å². The predicted molar refractivity (Wildman–Crippen MR) is 66.1 cm³/mol. The molecule has 1 spiro atoms. The topological polar surface area (TPSA) is 20.2 Å². The highest BCUT2D eigenvalue weighted by Crippen LogP contribution is 2.67. The number of hydrogen-bond donors (Lipinski definition) is 1. The Balaban J connectivity index is 2.13. The molecule has 3 atom stereocenters. The number of hydrogen-bond acceptors (Lipinski definition) is 1. The van der Waals surface area contributed by atoms with Crippen molar-refractivity contribution in [3.63, 3.8) is 0 Å². The van der Waals surface area contributed by atoms with E-state index in [2.05, 4.69) is 20.8 Å². The van der Waals surface area contributed by atoms with E-state index >= 15 is 0 Å². The minimum atomic E-state index is 0.407. The van der Waals surface area contributed by atoms with Crippen molar-refractivity contribution >= 4 is 0 Å². The zero-order chi connectivity index (χ0) is 11.6. The molecule has 2 saturated carbocycles. The van der Waals surface area contributed by atoms with Crippen LogP contribution in [0, 0.1) is 22.7 Å². The lowest BCUT2D eigenvalue weighted by atomic mass is 9.60. The van der Waals surface area contributed by atoms with Crippen LogP contribution in [0.15, 0.2) is 11.1 Å². The molecule has 0 heterocycles. The van der Waals surface area contributed by atoms with Gasteiger partial charge in [-0.2, -0.15) is 0 Å². The number of aliphatic hydroxyl groups is 1. The lowest BCUT2D eigenvalue weighted by molar-refractivity contribution is 0.118. The first-order chi connectivity index (χ1) is 7.52. The second-order valence-corrected chi connectivity index (χ2v) is 6.84. The van der Waals surface area contributed by atoms with Gasteiger partial charge in [-0.15, -0.1) is 0 Å². The van der Waals surface area contributed by atoms with Crippen molar-refractivity contribution < 1.29 is 5.11 Å². The molecule has 2 fully saturated rings. The Morgan fingerprint density at radius 1 is 1.31 bits per heavy atom. The van der Waals surface area contributed by atoms with Crippen molar-refractivity contribution in [3.8, 4) is 0 Å². The summed E-state index contributed by atoms with van der Waals surface area (Å²) >= 11 is 0. The molecule has 3 aliphatic carbocycles. The zero-order valence-corrected chi connectivity index (χ0v) is 10.8. The summed E-state index contributed by atoms with van der Waals surface area (Å²) in [6.07, 6.45) is 6.57. The molecule has 0 unspecified atom stereocenters. The minimum absolute atomic E-state index is 0.407. The Bertz CT molecular complexity index is 352. The Hall–Kier alpha value is -0.300. The summed E-state index contributed by atoms with van der Waals surface area (Å²) < 4.78 is 0. The molecular formula is C15H24O. The average molecular weight is 220 g/mol. The smallest absolute Gasteiger partial charge is 0.0467 e. The average Bonchev–Trinajstić information content (AvgIpc) is 2.81. The van der Waals surface area contributed by atoms with Crippen LogP contribution in [-0.2, 0) is 0 Å². The summed E-state index contributed by atoms with van der Waals surface area (Å²) in [5.41, 5.74) is 4.25. The summed E-state index contributed by atoms with van der Waals surface area (Å²) in [7, 11) is 0. The summed E-state index contributed by atoms with van der Waals surface area (Å²) in [5, 5.41) is 9.61. The maximum absolute atomic E-state index is 9.61. The normalized spacial score (nSPS) is 45.0. The molecule has 0 aromatic rings. The zero-order valence-electron chi connectivity index (χ0n) is 10.8. The third-order valence-corrected chi connectivity index (χ3v) is 6.34. The third kappa shape index (κ3) is 1.06. The van der Waals surface area contributed by atoms with Crippen molar-refractivity contribution in [2.24, 2.45) is 22.7 Å². The van der Waals surface area contributed by atoms with Gasteiger partial charge in [0.2, 0.25) is 0 Å². The third-order valence-electron chi connectivity index (χ3n) is 6.34. The molecule has 2 bridgehead atoms. The summed E-state index contributed by atoms with van der Waals surface area (Å²) in [5.74, 6) is 1.43. The first-order valence-corrected chi connectivity index (χ1v) is 6.84. The number of fused-ring (bicyclic) bond motifs is 1. The first-order valence-electron chi connectivity index (χ1n) is 6.84. The maximum Gasteiger partial charge on any atom is 0.0467 e. The predicted octanol–water partition coefficient (Wildman–Crippen LogP) is 3.53. The van der Waals surface area contributed by atoms with Crippen LogP contribution < -0.4 is 0 Å². The van der Waals surface area contributed by atoms with E-state index in [1.807, 2.05) is 0 Å². The van der Waals surface area contributed by atoms with Crippen LogP contribution in [0.1, 0.15) is 52.9 Å². The van der Waals surface area contributed by atoms with E-state index in [0.29, 0.717) is 23.4 Å². The van der Waals surface area contributed by atoms with E-state index in [1.54, 1.807) is 11.1 Å². The van der Waals surface area contributed by atoms with Crippen molar-refractivity contribution in [1.82, 2.24) is 0 Å². The van der Waals surface area contributed by atoms with E-state index in [-0.39, 0.29) is 0 Å². The van der Waals surface area contributed by atoms with Crippen LogP contribution >= 0.6 is 0 Å². The van der Waals surface area contributed by atoms with Gasteiger partial charge in [0.05, 0.1) is 0 Å². The fourth-order valence-electron chi connectivity index (χ4n) is 4.95. The van der Waals surface area contributed by atoms with Crippen LogP contribution in [-0.4, -0.2) is 11.7 Å². The van der Waals surface area contributed by atoms with Crippen LogP contribution in [0.25, 0.3) is 0 Å². The number of allylic oxidation sites excluding steroid dienone is 2. The van der Waals surface area contributed by atoms with E-state index in [4.69, 9.17) is 0 Å². The number of aliphatic hydroxyl groups excluding tert-OH is 1. The maximum atomic E-state index is 9.61. The summed E-state index contributed by atoms with van der Waals surface area (Å²) in [6.45, 7) is 7.63. The van der Waals surface area contributed by atoms with Crippen LogP contribution in [0.4, 0.5) is 0 Å². The van der Waals surface area contributed by atoms with Gasteiger partial charge in [0.25, 0.3) is 0 Å². The van der Waals surface area contributed by atoms with Gasteiger partial charge in [0, 0.05) is 6.61 Å². The Morgan fingerprint density at radius 3 is 2.75 bits per heavy atom. The standard InChI is InChI=1S/C15H24O/c1-10-13-5-4-12(9-16)15(13)7-6-11(8-15)14(10,2)3/h11-12,16H,4-9H2,1-3H3/t11-,12-,15+/m1/s1. The molecule has 0 aromatic heterocycles. The molecule has 16 heavy (non-hydrogen) atoms. The van der Waals surface area contributed by atoms with Gasteiger partial charge in [0.1, 0.15) is 0 Å². The molecular weight excluding hydrogens is 196 g/mol. The quantitative estimate of drug-likeness (QED) is 0.670. The van der Waals surface area contributed by atoms with Crippen LogP contribution in [0.2, 0.25) is 0 Å². The van der Waals surface area contributed by atoms with Gasteiger partial charge in [-0.1, -0.05) is 25.0 Å². The largest absolute Gasteiger partial charge is 0.396 e. The molecule has 0 radical (unpaired) electrons. The molecule has 0 aliphatic heterocycles. The van der Waals surface area contributed by atoms with E-state index < -0.39 is 0 Å². The Morgan fingerprint density at radius 2 is 2.06 bits per heavy atom. The van der Waals surface area contributed by atoms with Crippen molar-refractivity contribution in [2.45, 2.75) is 52.9 Å². The van der Waals surface area contributed by atoms with Gasteiger partial charge in [-0.3, -0.25) is 0 Å². The molecule has 1 N–H and O–H groups in total. The van der Waals surface area contributed by atoms with E-state index in [1.165, 1.54) is 32.1 Å². The molecule has 1 nitrogen and oxygen atoms in total. The highest BCUT2D eigenvalue weighted by molar-refractivity contribution is 5.36. The Kier molecular flexibility index (Phi) is 2.12. The molecule has 0 aromatic carbocycles. The lowest BCUT2D eigenvalue weighted by Gasteiger charge is -2.44. The fourth-order valence-corrected chi connectivity index (χ4v) is 4.95. The molecule has 1 heteroatoms. The molecule has 3 rings (SSSR count). The highest BCUT2D eigenvalue weighted by atomic mass is 16.3. The van der Waals surface area contributed by atoms with Gasteiger partial charge < -0.3 is 5.11 Å². The first kappa shape index (κ1) is 10.8. The van der Waals surface area contributed by atoms with Gasteiger partial charge in [-0.25, -0.2) is 0 Å². The monoisotopic (exact) mass is 220 g/mol. The fraction of sp³-hybridized carbons (Fsp3) is 0.867. The molecule has 0 saturated heterocycles. The van der Waals surface area contributed by atoms with Crippen LogP contribution in [0.5, 0.6) is 0 Å².